The number of hydrogen-bond donors (Lipinski definition) is 1. The minimum atomic E-state index is -0.703. The van der Waals surface area contributed by atoms with Crippen LogP contribution in [0.1, 0.15) is 33.1 Å². The van der Waals surface area contributed by atoms with Gasteiger partial charge in [-0.1, -0.05) is 48.5 Å². The van der Waals surface area contributed by atoms with Gasteiger partial charge in [0.05, 0.1) is 20.8 Å². The molecule has 6 heteroatoms. The van der Waals surface area contributed by atoms with Gasteiger partial charge in [-0.15, -0.1) is 0 Å². The van der Waals surface area contributed by atoms with E-state index in [9.17, 15) is 9.59 Å². The summed E-state index contributed by atoms with van der Waals surface area (Å²) in [5.41, 5.74) is 3.19. The Morgan fingerprint density at radius 1 is 0.969 bits per heavy atom. The van der Waals surface area contributed by atoms with Gasteiger partial charge in [-0.2, -0.15) is 0 Å². The van der Waals surface area contributed by atoms with E-state index in [-0.39, 0.29) is 18.4 Å². The second kappa shape index (κ2) is 9.56. The minimum absolute atomic E-state index is 0.173. The fourth-order valence-corrected chi connectivity index (χ4v) is 4.08. The Morgan fingerprint density at radius 2 is 1.72 bits per heavy atom. The molecule has 1 heterocycles. The number of carbonyl (C=O) groups excluding carboxylic acids is 2. The van der Waals surface area contributed by atoms with Gasteiger partial charge >= 0.3 is 0 Å². The van der Waals surface area contributed by atoms with E-state index in [0.717, 1.165) is 23.1 Å². The summed E-state index contributed by atoms with van der Waals surface area (Å²) in [5.74, 6) is 0.932. The normalized spacial score (nSPS) is 14.8. The van der Waals surface area contributed by atoms with Crippen molar-refractivity contribution < 1.29 is 19.1 Å². The Bertz CT molecular complexity index is 1110. The molecule has 1 N–H and O–H groups in total. The lowest BCUT2D eigenvalue weighted by Gasteiger charge is -2.25. The van der Waals surface area contributed by atoms with Gasteiger partial charge in [-0.3, -0.25) is 9.59 Å². The van der Waals surface area contributed by atoms with E-state index in [4.69, 9.17) is 9.47 Å². The van der Waals surface area contributed by atoms with Crippen molar-refractivity contribution >= 4 is 11.8 Å². The zero-order valence-electron chi connectivity index (χ0n) is 18.2. The lowest BCUT2D eigenvalue weighted by Crippen LogP contribution is -2.39. The van der Waals surface area contributed by atoms with E-state index in [1.54, 1.807) is 37.3 Å². The molecule has 0 radical (unpaired) electrons. The van der Waals surface area contributed by atoms with Crippen molar-refractivity contribution in [2.75, 3.05) is 20.8 Å². The average molecular weight is 431 g/mol. The van der Waals surface area contributed by atoms with Crippen LogP contribution in [-0.2, 0) is 17.8 Å². The average Bonchev–Trinajstić information content (AvgIpc) is 3.11. The molecule has 6 nitrogen and oxygen atoms in total. The Morgan fingerprint density at radius 3 is 2.47 bits per heavy atom. The largest absolute Gasteiger partial charge is 0.497 e. The van der Waals surface area contributed by atoms with Gasteiger partial charge in [0.25, 0.3) is 5.91 Å². The maximum absolute atomic E-state index is 13.3. The third-order valence-corrected chi connectivity index (χ3v) is 5.69. The molecule has 0 saturated carbocycles. The first-order chi connectivity index (χ1) is 15.6. The Hall–Kier alpha value is -3.80. The van der Waals surface area contributed by atoms with Crippen LogP contribution in [0.15, 0.2) is 72.8 Å². The van der Waals surface area contributed by atoms with E-state index in [1.165, 1.54) is 0 Å². The fourth-order valence-electron chi connectivity index (χ4n) is 4.08. The second-order valence-corrected chi connectivity index (χ2v) is 7.63. The van der Waals surface area contributed by atoms with E-state index in [0.29, 0.717) is 23.6 Å². The van der Waals surface area contributed by atoms with Crippen molar-refractivity contribution in [3.63, 3.8) is 0 Å². The first kappa shape index (κ1) is 21.4. The summed E-state index contributed by atoms with van der Waals surface area (Å²) in [6.07, 6.45) is 0.721. The van der Waals surface area contributed by atoms with Crippen molar-refractivity contribution in [2.45, 2.75) is 19.0 Å². The number of amides is 2. The maximum Gasteiger partial charge on any atom is 0.255 e. The summed E-state index contributed by atoms with van der Waals surface area (Å²) in [4.78, 5) is 28.1. The number of ether oxygens (including phenoxy) is 2. The molecule has 1 aliphatic heterocycles. The van der Waals surface area contributed by atoms with Crippen molar-refractivity contribution in [1.82, 2.24) is 10.2 Å². The Balaban J connectivity index is 1.58. The maximum atomic E-state index is 13.3. The summed E-state index contributed by atoms with van der Waals surface area (Å²) in [6.45, 7) is 0.719. The molecule has 2 amide bonds. The second-order valence-electron chi connectivity index (χ2n) is 7.63. The van der Waals surface area contributed by atoms with Gasteiger partial charge in [0.2, 0.25) is 5.91 Å². The van der Waals surface area contributed by atoms with Crippen LogP contribution < -0.4 is 14.8 Å². The number of methoxy groups -OCH3 is 2. The van der Waals surface area contributed by atoms with Crippen LogP contribution in [0, 0.1) is 0 Å². The third-order valence-electron chi connectivity index (χ3n) is 5.69. The van der Waals surface area contributed by atoms with Gasteiger partial charge < -0.3 is 19.7 Å². The van der Waals surface area contributed by atoms with E-state index < -0.39 is 6.04 Å². The number of fused-ring (bicyclic) bond motifs is 1. The predicted octanol–water partition coefficient (Wildman–Crippen LogP) is 3.76. The Labute approximate surface area is 187 Å². The first-order valence-corrected chi connectivity index (χ1v) is 10.5. The summed E-state index contributed by atoms with van der Waals surface area (Å²) in [5, 5.41) is 3.01. The molecule has 3 aromatic rings. The van der Waals surface area contributed by atoms with Crippen molar-refractivity contribution in [1.29, 1.82) is 0 Å². The molecule has 0 aliphatic carbocycles. The van der Waals surface area contributed by atoms with Crippen LogP contribution >= 0.6 is 0 Å². The topological polar surface area (TPSA) is 67.9 Å². The molecule has 4 rings (SSSR count). The number of rotatable bonds is 8. The summed E-state index contributed by atoms with van der Waals surface area (Å²) < 4.78 is 10.8. The molecule has 0 bridgehead atoms. The lowest BCUT2D eigenvalue weighted by molar-refractivity contribution is -0.125. The van der Waals surface area contributed by atoms with Crippen molar-refractivity contribution in [2.24, 2.45) is 0 Å². The van der Waals surface area contributed by atoms with E-state index >= 15 is 0 Å². The molecular weight excluding hydrogens is 404 g/mol. The smallest absolute Gasteiger partial charge is 0.255 e. The lowest BCUT2D eigenvalue weighted by atomic mass is 10.0. The highest BCUT2D eigenvalue weighted by Crippen LogP contribution is 2.37. The van der Waals surface area contributed by atoms with Gasteiger partial charge in [0.15, 0.2) is 0 Å². The highest BCUT2D eigenvalue weighted by molar-refractivity contribution is 6.04. The SMILES string of the molecule is COc1ccc(OC)c(CN2C(=O)c3ccccc3[C@H]2C(=O)NCCc2ccccc2)c1. The molecule has 0 spiro atoms. The van der Waals surface area contributed by atoms with Gasteiger partial charge in [-0.05, 0) is 41.8 Å². The monoisotopic (exact) mass is 430 g/mol. The number of carbonyl (C=O) groups is 2. The number of benzene rings is 3. The molecule has 32 heavy (non-hydrogen) atoms. The molecule has 1 aliphatic rings. The summed E-state index contributed by atoms with van der Waals surface area (Å²) >= 11 is 0. The quantitative estimate of drug-likeness (QED) is 0.591. The summed E-state index contributed by atoms with van der Waals surface area (Å²) in [7, 11) is 3.17. The minimum Gasteiger partial charge on any atom is -0.497 e. The van der Waals surface area contributed by atoms with Crippen LogP contribution in [-0.4, -0.2) is 37.5 Å². The number of nitrogens with zero attached hydrogens (tertiary/aromatic N) is 1. The molecule has 164 valence electrons. The molecule has 1 atom stereocenters. The number of hydrogen-bond acceptors (Lipinski definition) is 4. The predicted molar refractivity (Wildman–Crippen MR) is 122 cm³/mol. The van der Waals surface area contributed by atoms with Crippen LogP contribution in [0.2, 0.25) is 0 Å². The highest BCUT2D eigenvalue weighted by atomic mass is 16.5. The van der Waals surface area contributed by atoms with E-state index in [2.05, 4.69) is 5.32 Å². The van der Waals surface area contributed by atoms with Crippen LogP contribution in [0.3, 0.4) is 0 Å². The molecule has 0 aromatic heterocycles. The third kappa shape index (κ3) is 4.30. The van der Waals surface area contributed by atoms with Crippen LogP contribution in [0.4, 0.5) is 0 Å². The zero-order valence-corrected chi connectivity index (χ0v) is 18.2. The Kier molecular flexibility index (Phi) is 6.40. The first-order valence-electron chi connectivity index (χ1n) is 10.5. The van der Waals surface area contributed by atoms with Crippen molar-refractivity contribution in [3.8, 4) is 11.5 Å². The van der Waals surface area contributed by atoms with Crippen molar-refractivity contribution in [3.05, 3.63) is 95.1 Å². The molecule has 3 aromatic carbocycles. The summed E-state index contributed by atoms with van der Waals surface area (Å²) in [6, 6.07) is 22.0. The highest BCUT2D eigenvalue weighted by Gasteiger charge is 2.41. The van der Waals surface area contributed by atoms with E-state index in [1.807, 2.05) is 54.6 Å². The molecular formula is C26H26N2O4. The van der Waals surface area contributed by atoms with Crippen LogP contribution in [0.25, 0.3) is 0 Å². The molecule has 0 fully saturated rings. The number of nitrogens with one attached hydrogen (secondary N) is 1. The fraction of sp³-hybridized carbons (Fsp3) is 0.231. The standard InChI is InChI=1S/C26H26N2O4/c1-31-20-12-13-23(32-2)19(16-20)17-28-24(21-10-6-7-11-22(21)26(28)30)25(29)27-15-14-18-8-4-3-5-9-18/h3-13,16,24H,14-15,17H2,1-2H3,(H,27,29)/t24-/m0/s1. The van der Waals surface area contributed by atoms with Gasteiger partial charge in [0, 0.05) is 17.7 Å². The molecule has 0 saturated heterocycles. The van der Waals surface area contributed by atoms with Crippen LogP contribution in [0.5, 0.6) is 11.5 Å². The zero-order chi connectivity index (χ0) is 22.5. The molecule has 0 unspecified atom stereocenters. The van der Waals surface area contributed by atoms with Gasteiger partial charge in [-0.25, -0.2) is 0 Å². The van der Waals surface area contributed by atoms with Gasteiger partial charge in [0.1, 0.15) is 17.5 Å².